The van der Waals surface area contributed by atoms with E-state index in [1.54, 1.807) is 32.9 Å². The first-order chi connectivity index (χ1) is 9.31. The standard InChI is InChI=1S/C14H16BrF2NO2/c1-8(10(3)19)7-18-9(2)12-6-11(15)4-5-13(12)20-14(16)17/h4-7,10,14,19H,1-3H3/b8-7+,18-9?. The molecule has 6 heteroatoms. The zero-order chi connectivity index (χ0) is 15.3. The van der Waals surface area contributed by atoms with E-state index in [2.05, 4.69) is 25.7 Å². The van der Waals surface area contributed by atoms with Gasteiger partial charge in [0.25, 0.3) is 0 Å². The van der Waals surface area contributed by atoms with Crippen molar-refractivity contribution in [3.05, 3.63) is 40.0 Å². The quantitative estimate of drug-likeness (QED) is 0.813. The summed E-state index contributed by atoms with van der Waals surface area (Å²) in [5.74, 6) is 0.0625. The third-order valence-electron chi connectivity index (χ3n) is 2.67. The van der Waals surface area contributed by atoms with Gasteiger partial charge in [0, 0.05) is 21.9 Å². The van der Waals surface area contributed by atoms with Crippen LogP contribution in [0.1, 0.15) is 26.3 Å². The maximum atomic E-state index is 12.4. The first-order valence-corrected chi connectivity index (χ1v) is 6.74. The summed E-state index contributed by atoms with van der Waals surface area (Å²) in [5.41, 5.74) is 1.66. The van der Waals surface area contributed by atoms with Crippen LogP contribution in [0.25, 0.3) is 0 Å². The van der Waals surface area contributed by atoms with Gasteiger partial charge in [-0.05, 0) is 44.5 Å². The molecule has 1 aromatic carbocycles. The van der Waals surface area contributed by atoms with Crippen LogP contribution in [-0.2, 0) is 0 Å². The monoisotopic (exact) mass is 347 g/mol. The average Bonchev–Trinajstić information content (AvgIpc) is 2.36. The number of aliphatic imine (C=N–C) groups is 1. The zero-order valence-corrected chi connectivity index (χ0v) is 13.0. The van der Waals surface area contributed by atoms with Crippen LogP contribution >= 0.6 is 15.9 Å². The Kier molecular flexibility index (Phi) is 6.29. The van der Waals surface area contributed by atoms with Crippen LogP contribution in [0.4, 0.5) is 8.78 Å². The SMILES string of the molecule is CC(=N/C=C(\C)C(C)O)c1cc(Br)ccc1OC(F)F. The van der Waals surface area contributed by atoms with E-state index in [9.17, 15) is 13.9 Å². The molecule has 0 fully saturated rings. The number of alkyl halides is 2. The molecule has 3 nitrogen and oxygen atoms in total. The smallest absolute Gasteiger partial charge is 0.387 e. The number of nitrogens with zero attached hydrogens (tertiary/aromatic N) is 1. The molecule has 0 aliphatic carbocycles. The van der Waals surface area contributed by atoms with Gasteiger partial charge in [-0.2, -0.15) is 8.78 Å². The summed E-state index contributed by atoms with van der Waals surface area (Å²) < 4.78 is 29.9. The Morgan fingerprint density at radius 1 is 1.40 bits per heavy atom. The minimum Gasteiger partial charge on any atom is -0.434 e. The Labute approximate surface area is 125 Å². The Bertz CT molecular complexity index is 528. The minimum absolute atomic E-state index is 0.0625. The summed E-state index contributed by atoms with van der Waals surface area (Å²) in [7, 11) is 0. The molecule has 110 valence electrons. The lowest BCUT2D eigenvalue weighted by Crippen LogP contribution is -2.07. The Morgan fingerprint density at radius 3 is 2.60 bits per heavy atom. The third kappa shape index (κ3) is 5.02. The lowest BCUT2D eigenvalue weighted by molar-refractivity contribution is -0.0499. The van der Waals surface area contributed by atoms with Crippen LogP contribution in [-0.4, -0.2) is 23.5 Å². The number of ether oxygens (including phenoxy) is 1. The number of hydrogen-bond donors (Lipinski definition) is 1. The fourth-order valence-corrected chi connectivity index (χ4v) is 1.72. The molecular weight excluding hydrogens is 332 g/mol. The largest absolute Gasteiger partial charge is 0.434 e. The highest BCUT2D eigenvalue weighted by Gasteiger charge is 2.12. The number of rotatable bonds is 5. The van der Waals surface area contributed by atoms with Crippen molar-refractivity contribution >= 4 is 21.6 Å². The van der Waals surface area contributed by atoms with Crippen molar-refractivity contribution in [2.75, 3.05) is 0 Å². The summed E-state index contributed by atoms with van der Waals surface area (Å²) in [6.45, 7) is 2.16. The van der Waals surface area contributed by atoms with E-state index in [0.29, 0.717) is 16.8 Å². The Hall–Kier alpha value is -1.27. The molecular formula is C14H16BrF2NO2. The van der Waals surface area contributed by atoms with Gasteiger partial charge in [0.1, 0.15) is 5.75 Å². The van der Waals surface area contributed by atoms with Crippen molar-refractivity contribution in [1.82, 2.24) is 0 Å². The fourth-order valence-electron chi connectivity index (χ4n) is 1.36. The minimum atomic E-state index is -2.89. The first-order valence-electron chi connectivity index (χ1n) is 5.95. The van der Waals surface area contributed by atoms with Gasteiger partial charge in [0.2, 0.25) is 0 Å². The van der Waals surface area contributed by atoms with Crippen molar-refractivity contribution in [2.45, 2.75) is 33.5 Å². The summed E-state index contributed by atoms with van der Waals surface area (Å²) in [6.07, 6.45) is 0.901. The molecule has 0 bridgehead atoms. The van der Waals surface area contributed by atoms with E-state index in [4.69, 9.17) is 0 Å². The molecule has 0 spiro atoms. The summed E-state index contributed by atoms with van der Waals surface area (Å²) in [6, 6.07) is 4.73. The predicted molar refractivity (Wildman–Crippen MR) is 78.4 cm³/mol. The highest BCUT2D eigenvalue weighted by molar-refractivity contribution is 9.10. The Balaban J connectivity index is 3.13. The molecule has 1 N–H and O–H groups in total. The second-order valence-electron chi connectivity index (χ2n) is 4.28. The highest BCUT2D eigenvalue weighted by atomic mass is 79.9. The molecule has 0 aliphatic rings. The van der Waals surface area contributed by atoms with Crippen LogP contribution in [0.2, 0.25) is 0 Å². The maximum absolute atomic E-state index is 12.4. The van der Waals surface area contributed by atoms with Crippen LogP contribution in [0.5, 0.6) is 5.75 Å². The van der Waals surface area contributed by atoms with Crippen molar-refractivity contribution in [2.24, 2.45) is 4.99 Å². The number of halogens is 3. The van der Waals surface area contributed by atoms with Crippen LogP contribution in [0.15, 0.2) is 39.4 Å². The number of benzene rings is 1. The molecule has 0 saturated heterocycles. The van der Waals surface area contributed by atoms with Gasteiger partial charge in [-0.3, -0.25) is 4.99 Å². The highest BCUT2D eigenvalue weighted by Crippen LogP contribution is 2.25. The van der Waals surface area contributed by atoms with Gasteiger partial charge >= 0.3 is 6.61 Å². The topological polar surface area (TPSA) is 41.8 Å². The molecule has 1 aromatic rings. The molecule has 0 heterocycles. The molecule has 1 rings (SSSR count). The molecule has 0 radical (unpaired) electrons. The van der Waals surface area contributed by atoms with Gasteiger partial charge in [0.05, 0.1) is 6.10 Å². The average molecular weight is 348 g/mol. The molecule has 0 aliphatic heterocycles. The van der Waals surface area contributed by atoms with Crippen LogP contribution in [0.3, 0.4) is 0 Å². The van der Waals surface area contributed by atoms with Gasteiger partial charge in [-0.15, -0.1) is 0 Å². The lowest BCUT2D eigenvalue weighted by Gasteiger charge is -2.11. The van der Waals surface area contributed by atoms with Crippen molar-refractivity contribution in [3.63, 3.8) is 0 Å². The third-order valence-corrected chi connectivity index (χ3v) is 3.16. The van der Waals surface area contributed by atoms with Gasteiger partial charge in [0.15, 0.2) is 0 Å². The number of hydrogen-bond acceptors (Lipinski definition) is 3. The summed E-state index contributed by atoms with van der Waals surface area (Å²) in [5, 5.41) is 9.35. The van der Waals surface area contributed by atoms with Crippen LogP contribution < -0.4 is 4.74 Å². The number of aliphatic hydroxyl groups is 1. The second-order valence-corrected chi connectivity index (χ2v) is 5.20. The van der Waals surface area contributed by atoms with E-state index in [1.165, 1.54) is 12.3 Å². The van der Waals surface area contributed by atoms with Gasteiger partial charge < -0.3 is 9.84 Å². The molecule has 1 unspecified atom stereocenters. The summed E-state index contributed by atoms with van der Waals surface area (Å²) in [4.78, 5) is 4.17. The Morgan fingerprint density at radius 2 is 2.05 bits per heavy atom. The number of aliphatic hydroxyl groups excluding tert-OH is 1. The fraction of sp³-hybridized carbons (Fsp3) is 0.357. The maximum Gasteiger partial charge on any atom is 0.387 e. The normalized spacial score (nSPS) is 14.6. The van der Waals surface area contributed by atoms with Crippen molar-refractivity contribution in [1.29, 1.82) is 0 Å². The van der Waals surface area contributed by atoms with Crippen molar-refractivity contribution < 1.29 is 18.6 Å². The van der Waals surface area contributed by atoms with E-state index in [-0.39, 0.29) is 5.75 Å². The molecule has 0 saturated carbocycles. The summed E-state index contributed by atoms with van der Waals surface area (Å²) >= 11 is 3.28. The van der Waals surface area contributed by atoms with E-state index in [1.807, 2.05) is 0 Å². The zero-order valence-electron chi connectivity index (χ0n) is 11.4. The molecule has 1 atom stereocenters. The van der Waals surface area contributed by atoms with Gasteiger partial charge in [-0.25, -0.2) is 0 Å². The van der Waals surface area contributed by atoms with Crippen molar-refractivity contribution in [3.8, 4) is 5.75 Å². The molecule has 0 amide bonds. The lowest BCUT2D eigenvalue weighted by atomic mass is 10.1. The first kappa shape index (κ1) is 16.8. The molecule has 20 heavy (non-hydrogen) atoms. The predicted octanol–water partition coefficient (Wildman–Crippen LogP) is 4.14. The van der Waals surface area contributed by atoms with Gasteiger partial charge in [-0.1, -0.05) is 15.9 Å². The van der Waals surface area contributed by atoms with E-state index in [0.717, 1.165) is 4.47 Å². The second kappa shape index (κ2) is 7.50. The van der Waals surface area contributed by atoms with E-state index >= 15 is 0 Å². The van der Waals surface area contributed by atoms with Crippen LogP contribution in [0, 0.1) is 0 Å². The molecule has 0 aromatic heterocycles. The van der Waals surface area contributed by atoms with E-state index < -0.39 is 12.7 Å².